The summed E-state index contributed by atoms with van der Waals surface area (Å²) in [7, 11) is 0. The topological polar surface area (TPSA) is 63.3 Å². The molecule has 0 aromatic heterocycles. The third kappa shape index (κ3) is 6.67. The van der Waals surface area contributed by atoms with Gasteiger partial charge in [-0.1, -0.05) is 32.6 Å². The minimum atomic E-state index is -0.669. The molecule has 1 rings (SSSR count). The van der Waals surface area contributed by atoms with Gasteiger partial charge in [0.2, 0.25) is 0 Å². The molecule has 0 aromatic carbocycles. The van der Waals surface area contributed by atoms with Crippen LogP contribution in [-0.4, -0.2) is 17.1 Å². The molecule has 1 fully saturated rings. The number of rotatable bonds is 8. The molecule has 0 bridgehead atoms. The lowest BCUT2D eigenvalue weighted by molar-refractivity contribution is -0.137. The molecule has 2 unspecified atom stereocenters. The van der Waals surface area contributed by atoms with E-state index < -0.39 is 5.97 Å². The van der Waals surface area contributed by atoms with Crippen molar-refractivity contribution in [2.45, 2.75) is 70.8 Å². The van der Waals surface area contributed by atoms with Crippen LogP contribution in [0.4, 0.5) is 0 Å². The van der Waals surface area contributed by atoms with Gasteiger partial charge in [-0.3, -0.25) is 4.79 Å². The van der Waals surface area contributed by atoms with Crippen LogP contribution in [0, 0.1) is 11.8 Å². The molecule has 0 radical (unpaired) electrons. The lowest BCUT2D eigenvalue weighted by Crippen LogP contribution is -2.14. The Hall–Kier alpha value is -0.570. The number of carbonyl (C=O) groups is 1. The van der Waals surface area contributed by atoms with E-state index in [1.54, 1.807) is 0 Å². The van der Waals surface area contributed by atoms with Crippen molar-refractivity contribution in [1.29, 1.82) is 0 Å². The molecule has 100 valence electrons. The zero-order chi connectivity index (χ0) is 12.7. The van der Waals surface area contributed by atoms with Crippen molar-refractivity contribution in [3.63, 3.8) is 0 Å². The van der Waals surface area contributed by atoms with E-state index in [1.807, 2.05) is 0 Å². The standard InChI is InChI=1S/C14H27NO2/c1-11(5-3-7-14(16)17)4-2-6-12-8-9-13(15)10-12/h11-13H,2-10,15H2,1H3,(H,16,17)/t11-,12?,13?/m0/s1. The van der Waals surface area contributed by atoms with Crippen molar-refractivity contribution in [1.82, 2.24) is 0 Å². The molecule has 3 atom stereocenters. The summed E-state index contributed by atoms with van der Waals surface area (Å²) < 4.78 is 0. The fraction of sp³-hybridized carbons (Fsp3) is 0.929. The van der Waals surface area contributed by atoms with Crippen LogP contribution >= 0.6 is 0 Å². The van der Waals surface area contributed by atoms with E-state index in [1.165, 1.54) is 38.5 Å². The van der Waals surface area contributed by atoms with Gasteiger partial charge in [-0.2, -0.15) is 0 Å². The number of aliphatic carboxylic acids is 1. The molecule has 17 heavy (non-hydrogen) atoms. The van der Waals surface area contributed by atoms with Crippen molar-refractivity contribution in [3.05, 3.63) is 0 Å². The number of hydrogen-bond donors (Lipinski definition) is 2. The van der Waals surface area contributed by atoms with E-state index in [0.29, 0.717) is 18.4 Å². The molecule has 1 aliphatic rings. The van der Waals surface area contributed by atoms with Gasteiger partial charge in [0.05, 0.1) is 0 Å². The van der Waals surface area contributed by atoms with Crippen LogP contribution in [0.3, 0.4) is 0 Å². The normalized spacial score (nSPS) is 26.0. The molecular weight excluding hydrogens is 214 g/mol. The van der Waals surface area contributed by atoms with Crippen LogP contribution in [-0.2, 0) is 4.79 Å². The van der Waals surface area contributed by atoms with Gasteiger partial charge in [0.15, 0.2) is 0 Å². The fourth-order valence-electron chi connectivity index (χ4n) is 2.88. The summed E-state index contributed by atoms with van der Waals surface area (Å²) in [6.45, 7) is 2.24. The first-order valence-corrected chi connectivity index (χ1v) is 7.05. The Labute approximate surface area is 105 Å². The molecule has 0 amide bonds. The van der Waals surface area contributed by atoms with Crippen LogP contribution in [0.25, 0.3) is 0 Å². The van der Waals surface area contributed by atoms with Gasteiger partial charge in [-0.15, -0.1) is 0 Å². The van der Waals surface area contributed by atoms with Gasteiger partial charge in [0, 0.05) is 12.5 Å². The van der Waals surface area contributed by atoms with Crippen molar-refractivity contribution in [3.8, 4) is 0 Å². The Morgan fingerprint density at radius 1 is 1.35 bits per heavy atom. The van der Waals surface area contributed by atoms with E-state index in [-0.39, 0.29) is 0 Å². The summed E-state index contributed by atoms with van der Waals surface area (Å²) in [6, 6.07) is 0.452. The lowest BCUT2D eigenvalue weighted by Gasteiger charge is -2.13. The van der Waals surface area contributed by atoms with Crippen LogP contribution < -0.4 is 5.73 Å². The largest absolute Gasteiger partial charge is 0.481 e. The van der Waals surface area contributed by atoms with E-state index in [9.17, 15) is 4.79 Å². The fourth-order valence-corrected chi connectivity index (χ4v) is 2.88. The van der Waals surface area contributed by atoms with Crippen molar-refractivity contribution < 1.29 is 9.90 Å². The number of nitrogens with two attached hydrogens (primary N) is 1. The highest BCUT2D eigenvalue weighted by atomic mass is 16.4. The highest BCUT2D eigenvalue weighted by molar-refractivity contribution is 5.66. The third-order valence-electron chi connectivity index (χ3n) is 3.98. The summed E-state index contributed by atoms with van der Waals surface area (Å²) in [5, 5.41) is 8.56. The first-order chi connectivity index (χ1) is 8.08. The molecule has 1 saturated carbocycles. The molecular formula is C14H27NO2. The summed E-state index contributed by atoms with van der Waals surface area (Å²) in [4.78, 5) is 10.4. The van der Waals surface area contributed by atoms with Gasteiger partial charge in [0.1, 0.15) is 0 Å². The Balaban J connectivity index is 1.96. The molecule has 0 spiro atoms. The quantitative estimate of drug-likeness (QED) is 0.686. The van der Waals surface area contributed by atoms with E-state index in [4.69, 9.17) is 10.8 Å². The predicted molar refractivity (Wildman–Crippen MR) is 69.8 cm³/mol. The molecule has 1 aliphatic carbocycles. The molecule has 0 heterocycles. The minimum Gasteiger partial charge on any atom is -0.481 e. The van der Waals surface area contributed by atoms with Crippen molar-refractivity contribution >= 4 is 5.97 Å². The Bertz CT molecular complexity index is 230. The van der Waals surface area contributed by atoms with Gasteiger partial charge in [-0.25, -0.2) is 0 Å². The third-order valence-corrected chi connectivity index (χ3v) is 3.98. The zero-order valence-corrected chi connectivity index (χ0v) is 11.0. The first-order valence-electron chi connectivity index (χ1n) is 7.05. The highest BCUT2D eigenvalue weighted by Gasteiger charge is 2.21. The zero-order valence-electron chi connectivity index (χ0n) is 11.0. The average Bonchev–Trinajstić information content (AvgIpc) is 2.63. The Morgan fingerprint density at radius 3 is 2.65 bits per heavy atom. The second-order valence-corrected chi connectivity index (χ2v) is 5.76. The van der Waals surface area contributed by atoms with Crippen molar-refractivity contribution in [2.24, 2.45) is 17.6 Å². The van der Waals surface area contributed by atoms with Crippen LogP contribution in [0.1, 0.15) is 64.7 Å². The number of carboxylic acid groups (broad SMARTS) is 1. The SMILES string of the molecule is C[C@H](CCCC(=O)O)CCCC1CCC(N)C1. The lowest BCUT2D eigenvalue weighted by atomic mass is 9.93. The number of carboxylic acids is 1. The van der Waals surface area contributed by atoms with E-state index in [2.05, 4.69) is 6.92 Å². The highest BCUT2D eigenvalue weighted by Crippen LogP contribution is 2.29. The monoisotopic (exact) mass is 241 g/mol. The summed E-state index contributed by atoms with van der Waals surface area (Å²) in [6.07, 6.45) is 9.78. The van der Waals surface area contributed by atoms with Crippen LogP contribution in [0.15, 0.2) is 0 Å². The summed E-state index contributed by atoms with van der Waals surface area (Å²) in [5.41, 5.74) is 5.90. The first kappa shape index (κ1) is 14.5. The molecule has 3 nitrogen and oxygen atoms in total. The Morgan fingerprint density at radius 2 is 2.06 bits per heavy atom. The molecule has 0 saturated heterocycles. The maximum atomic E-state index is 10.4. The van der Waals surface area contributed by atoms with Gasteiger partial charge >= 0.3 is 5.97 Å². The molecule has 0 aromatic rings. The molecule has 3 heteroatoms. The van der Waals surface area contributed by atoms with E-state index in [0.717, 1.165) is 18.8 Å². The van der Waals surface area contributed by atoms with Gasteiger partial charge in [-0.05, 0) is 37.5 Å². The minimum absolute atomic E-state index is 0.321. The predicted octanol–water partition coefficient (Wildman–Crippen LogP) is 3.18. The van der Waals surface area contributed by atoms with Crippen LogP contribution in [0.2, 0.25) is 0 Å². The Kier molecular flexibility index (Phi) is 6.56. The molecule has 3 N–H and O–H groups in total. The second-order valence-electron chi connectivity index (χ2n) is 5.76. The number of hydrogen-bond acceptors (Lipinski definition) is 2. The smallest absolute Gasteiger partial charge is 0.303 e. The van der Waals surface area contributed by atoms with Gasteiger partial charge < -0.3 is 10.8 Å². The van der Waals surface area contributed by atoms with Gasteiger partial charge in [0.25, 0.3) is 0 Å². The van der Waals surface area contributed by atoms with Crippen molar-refractivity contribution in [2.75, 3.05) is 0 Å². The average molecular weight is 241 g/mol. The maximum absolute atomic E-state index is 10.4. The summed E-state index contributed by atoms with van der Waals surface area (Å²) in [5.74, 6) is 0.859. The van der Waals surface area contributed by atoms with Crippen LogP contribution in [0.5, 0.6) is 0 Å². The molecule has 0 aliphatic heterocycles. The second kappa shape index (κ2) is 7.70. The maximum Gasteiger partial charge on any atom is 0.303 e. The van der Waals surface area contributed by atoms with E-state index >= 15 is 0 Å². The summed E-state index contributed by atoms with van der Waals surface area (Å²) >= 11 is 0.